The lowest BCUT2D eigenvalue weighted by molar-refractivity contribution is -0.149. The minimum atomic E-state index is -0.759. The zero-order valence-corrected chi connectivity index (χ0v) is 13.1. The summed E-state index contributed by atoms with van der Waals surface area (Å²) in [5.41, 5.74) is -0.759. The van der Waals surface area contributed by atoms with Crippen LogP contribution in [0.25, 0.3) is 0 Å². The largest absolute Gasteiger partial charge is 0.481 e. The van der Waals surface area contributed by atoms with Crippen molar-refractivity contribution >= 4 is 12.0 Å². The molecule has 0 radical (unpaired) electrons. The lowest BCUT2D eigenvalue weighted by atomic mass is 9.80. The Morgan fingerprint density at radius 2 is 1.81 bits per heavy atom. The van der Waals surface area contributed by atoms with Gasteiger partial charge in [-0.2, -0.15) is 0 Å². The fraction of sp³-hybridized carbons (Fsp3) is 0.875. The Kier molecular flexibility index (Phi) is 5.48. The average Bonchev–Trinajstić information content (AvgIpc) is 2.72. The molecule has 0 bridgehead atoms. The number of hydrogen-bond acceptors (Lipinski definition) is 2. The van der Waals surface area contributed by atoms with Gasteiger partial charge in [-0.3, -0.25) is 4.79 Å². The third-order valence-electron chi connectivity index (χ3n) is 5.16. The molecule has 0 aromatic heterocycles. The van der Waals surface area contributed by atoms with E-state index in [1.807, 2.05) is 4.90 Å². The third-order valence-corrected chi connectivity index (χ3v) is 5.16. The molecule has 120 valence electrons. The highest BCUT2D eigenvalue weighted by Crippen LogP contribution is 2.35. The SMILES string of the molecule is CC1CCCCN1C(=O)NCC1(C(=O)O)CCCCCC1. The predicted molar refractivity (Wildman–Crippen MR) is 81.2 cm³/mol. The minimum Gasteiger partial charge on any atom is -0.481 e. The lowest BCUT2D eigenvalue weighted by Crippen LogP contribution is -2.51. The van der Waals surface area contributed by atoms with Gasteiger partial charge < -0.3 is 15.3 Å². The van der Waals surface area contributed by atoms with Crippen LogP contribution in [0.1, 0.15) is 64.7 Å². The molecular weight excluding hydrogens is 268 g/mol. The van der Waals surface area contributed by atoms with Gasteiger partial charge in [0, 0.05) is 19.1 Å². The van der Waals surface area contributed by atoms with Crippen LogP contribution in [0.3, 0.4) is 0 Å². The van der Waals surface area contributed by atoms with Crippen molar-refractivity contribution in [3.8, 4) is 0 Å². The molecule has 1 unspecified atom stereocenters. The molecule has 1 heterocycles. The third kappa shape index (κ3) is 3.89. The number of carbonyl (C=O) groups excluding carboxylic acids is 1. The van der Waals surface area contributed by atoms with Gasteiger partial charge in [-0.1, -0.05) is 25.7 Å². The molecule has 2 fully saturated rings. The van der Waals surface area contributed by atoms with Crippen molar-refractivity contribution < 1.29 is 14.7 Å². The van der Waals surface area contributed by atoms with Crippen molar-refractivity contribution in [2.75, 3.05) is 13.1 Å². The number of nitrogens with one attached hydrogen (secondary N) is 1. The van der Waals surface area contributed by atoms with E-state index in [0.29, 0.717) is 12.8 Å². The fourth-order valence-corrected chi connectivity index (χ4v) is 3.62. The molecule has 5 heteroatoms. The minimum absolute atomic E-state index is 0.0907. The number of likely N-dealkylation sites (tertiary alicyclic amines) is 1. The summed E-state index contributed by atoms with van der Waals surface area (Å²) in [5.74, 6) is -0.753. The highest BCUT2D eigenvalue weighted by atomic mass is 16.4. The first kappa shape index (κ1) is 16.1. The second-order valence-corrected chi connectivity index (χ2v) is 6.70. The van der Waals surface area contributed by atoms with Gasteiger partial charge in [-0.05, 0) is 39.0 Å². The van der Waals surface area contributed by atoms with Crippen LogP contribution in [-0.4, -0.2) is 41.1 Å². The summed E-state index contributed by atoms with van der Waals surface area (Å²) in [6.45, 7) is 3.12. The van der Waals surface area contributed by atoms with E-state index in [2.05, 4.69) is 12.2 Å². The molecule has 0 spiro atoms. The van der Waals surface area contributed by atoms with Crippen molar-refractivity contribution in [1.82, 2.24) is 10.2 Å². The molecular formula is C16H28N2O3. The number of urea groups is 1. The van der Waals surface area contributed by atoms with Crippen LogP contribution < -0.4 is 5.32 Å². The number of hydrogen-bond donors (Lipinski definition) is 2. The fourth-order valence-electron chi connectivity index (χ4n) is 3.62. The molecule has 2 N–H and O–H groups in total. The molecule has 5 nitrogen and oxygen atoms in total. The molecule has 0 aromatic rings. The number of aliphatic carboxylic acids is 1. The standard InChI is InChI=1S/C16H28N2O3/c1-13-8-4-7-11-18(13)15(21)17-12-16(14(19)20)9-5-2-3-6-10-16/h13H,2-12H2,1H3,(H,17,21)(H,19,20). The topological polar surface area (TPSA) is 69.6 Å². The van der Waals surface area contributed by atoms with E-state index in [0.717, 1.165) is 45.1 Å². The number of carbonyl (C=O) groups is 2. The summed E-state index contributed by atoms with van der Waals surface area (Å²) in [6.07, 6.45) is 8.71. The first-order chi connectivity index (χ1) is 10.1. The quantitative estimate of drug-likeness (QED) is 0.787. The summed E-state index contributed by atoms with van der Waals surface area (Å²) in [7, 11) is 0. The summed E-state index contributed by atoms with van der Waals surface area (Å²) < 4.78 is 0. The average molecular weight is 296 g/mol. The molecule has 0 aromatic carbocycles. The van der Waals surface area contributed by atoms with E-state index in [9.17, 15) is 14.7 Å². The van der Waals surface area contributed by atoms with Crippen LogP contribution >= 0.6 is 0 Å². The normalized spacial score (nSPS) is 26.0. The molecule has 1 saturated heterocycles. The monoisotopic (exact) mass is 296 g/mol. The molecule has 1 aliphatic heterocycles. The number of nitrogens with zero attached hydrogens (tertiary/aromatic N) is 1. The Bertz CT molecular complexity index is 376. The van der Waals surface area contributed by atoms with Crippen LogP contribution in [0.15, 0.2) is 0 Å². The van der Waals surface area contributed by atoms with Gasteiger partial charge in [-0.15, -0.1) is 0 Å². The first-order valence-corrected chi connectivity index (χ1v) is 8.33. The number of rotatable bonds is 3. The predicted octanol–water partition coefficient (Wildman–Crippen LogP) is 3.00. The maximum absolute atomic E-state index is 12.3. The van der Waals surface area contributed by atoms with Gasteiger partial charge in [0.1, 0.15) is 0 Å². The van der Waals surface area contributed by atoms with E-state index in [1.54, 1.807) is 0 Å². The van der Waals surface area contributed by atoms with Crippen molar-refractivity contribution in [1.29, 1.82) is 0 Å². The Morgan fingerprint density at radius 1 is 1.14 bits per heavy atom. The summed E-state index contributed by atoms with van der Waals surface area (Å²) in [5, 5.41) is 12.5. The van der Waals surface area contributed by atoms with Gasteiger partial charge in [0.05, 0.1) is 5.41 Å². The van der Waals surface area contributed by atoms with Crippen LogP contribution in [0.4, 0.5) is 4.79 Å². The van der Waals surface area contributed by atoms with E-state index in [1.165, 1.54) is 6.42 Å². The van der Waals surface area contributed by atoms with Crippen LogP contribution in [0, 0.1) is 5.41 Å². The van der Waals surface area contributed by atoms with Crippen molar-refractivity contribution in [2.24, 2.45) is 5.41 Å². The molecule has 2 rings (SSSR count). The summed E-state index contributed by atoms with van der Waals surface area (Å²) in [6, 6.07) is 0.167. The second kappa shape index (κ2) is 7.14. The molecule has 21 heavy (non-hydrogen) atoms. The molecule has 2 amide bonds. The number of piperidine rings is 1. The zero-order chi connectivity index (χ0) is 15.3. The molecule has 1 aliphatic carbocycles. The van der Waals surface area contributed by atoms with E-state index in [4.69, 9.17) is 0 Å². The summed E-state index contributed by atoms with van der Waals surface area (Å²) in [4.78, 5) is 25.9. The number of amides is 2. The molecule has 2 aliphatic rings. The van der Waals surface area contributed by atoms with Gasteiger partial charge in [0.2, 0.25) is 0 Å². The van der Waals surface area contributed by atoms with Gasteiger partial charge in [0.15, 0.2) is 0 Å². The molecule has 1 atom stereocenters. The van der Waals surface area contributed by atoms with Gasteiger partial charge in [0.25, 0.3) is 0 Å². The highest BCUT2D eigenvalue weighted by Gasteiger charge is 2.39. The maximum atomic E-state index is 12.3. The van der Waals surface area contributed by atoms with Crippen molar-refractivity contribution in [3.05, 3.63) is 0 Å². The zero-order valence-electron chi connectivity index (χ0n) is 13.1. The second-order valence-electron chi connectivity index (χ2n) is 6.70. The van der Waals surface area contributed by atoms with Crippen LogP contribution in [0.2, 0.25) is 0 Å². The smallest absolute Gasteiger partial charge is 0.317 e. The van der Waals surface area contributed by atoms with E-state index < -0.39 is 11.4 Å². The first-order valence-electron chi connectivity index (χ1n) is 8.33. The number of carboxylic acid groups (broad SMARTS) is 1. The highest BCUT2D eigenvalue weighted by molar-refractivity contribution is 5.78. The van der Waals surface area contributed by atoms with Gasteiger partial charge in [-0.25, -0.2) is 4.79 Å². The van der Waals surface area contributed by atoms with Crippen LogP contribution in [0.5, 0.6) is 0 Å². The van der Waals surface area contributed by atoms with Crippen LogP contribution in [-0.2, 0) is 4.79 Å². The van der Waals surface area contributed by atoms with Gasteiger partial charge >= 0.3 is 12.0 Å². The maximum Gasteiger partial charge on any atom is 0.317 e. The lowest BCUT2D eigenvalue weighted by Gasteiger charge is -2.35. The van der Waals surface area contributed by atoms with E-state index in [-0.39, 0.29) is 18.6 Å². The van der Waals surface area contributed by atoms with Crippen molar-refractivity contribution in [3.63, 3.8) is 0 Å². The van der Waals surface area contributed by atoms with Crippen molar-refractivity contribution in [2.45, 2.75) is 70.8 Å². The van der Waals surface area contributed by atoms with E-state index >= 15 is 0 Å². The Morgan fingerprint density at radius 3 is 2.38 bits per heavy atom. The summed E-state index contributed by atoms with van der Waals surface area (Å²) >= 11 is 0. The Hall–Kier alpha value is -1.26. The number of carboxylic acids is 1. The molecule has 1 saturated carbocycles. The Balaban J connectivity index is 1.94. The Labute approximate surface area is 127 Å².